The molecule has 0 radical (unpaired) electrons. The Hall–Kier alpha value is -2.01. The van der Waals surface area contributed by atoms with Crippen molar-refractivity contribution in [2.24, 2.45) is 0 Å². The second kappa shape index (κ2) is 12.4. The molecule has 0 aliphatic carbocycles. The zero-order valence-corrected chi connectivity index (χ0v) is 13.6. The topological polar surface area (TPSA) is 168 Å². The molecule has 0 aliphatic rings. The molecular formula is C16H24O9. The molecule has 142 valence electrons. The molecule has 0 aliphatic heterocycles. The van der Waals surface area contributed by atoms with E-state index in [0.29, 0.717) is 5.75 Å². The van der Waals surface area contributed by atoms with E-state index < -0.39 is 31.0 Å². The number of hydrogen-bond donors (Lipinski definition) is 7. The summed E-state index contributed by atoms with van der Waals surface area (Å²) < 4.78 is 4.92. The van der Waals surface area contributed by atoms with Crippen LogP contribution in [0.5, 0.6) is 11.5 Å². The summed E-state index contributed by atoms with van der Waals surface area (Å²) in [5, 5.41) is 61.3. The Labute approximate surface area is 144 Å². The molecule has 7 N–H and O–H groups in total. The monoisotopic (exact) mass is 360 g/mol. The van der Waals surface area contributed by atoms with Crippen molar-refractivity contribution in [3.8, 4) is 11.5 Å². The van der Waals surface area contributed by atoms with Crippen LogP contribution >= 0.6 is 0 Å². The summed E-state index contributed by atoms with van der Waals surface area (Å²) in [5.41, 5.74) is 0.878. The number of aliphatic hydroxyl groups is 6. The van der Waals surface area contributed by atoms with Gasteiger partial charge in [-0.05, 0) is 17.7 Å². The lowest BCUT2D eigenvalue weighted by Crippen LogP contribution is -2.46. The first-order valence-corrected chi connectivity index (χ1v) is 7.25. The molecule has 1 rings (SSSR count). The van der Waals surface area contributed by atoms with E-state index in [9.17, 15) is 9.90 Å². The molecule has 4 unspecified atom stereocenters. The van der Waals surface area contributed by atoms with Gasteiger partial charge in [0.1, 0.15) is 24.4 Å². The number of hydrogen-bond acceptors (Lipinski definition) is 9. The number of rotatable bonds is 8. The Balaban J connectivity index is 0.000000463. The van der Waals surface area contributed by atoms with E-state index in [1.165, 1.54) is 7.11 Å². The van der Waals surface area contributed by atoms with Gasteiger partial charge in [0.25, 0.3) is 0 Å². The van der Waals surface area contributed by atoms with Gasteiger partial charge in [0.2, 0.25) is 0 Å². The fourth-order valence-electron chi connectivity index (χ4n) is 1.60. The molecule has 0 spiro atoms. The Morgan fingerprint density at radius 3 is 2.24 bits per heavy atom. The van der Waals surface area contributed by atoms with Crippen LogP contribution in [0, 0.1) is 0 Å². The van der Waals surface area contributed by atoms with Crippen LogP contribution in [0.1, 0.15) is 5.56 Å². The number of phenols is 1. The van der Waals surface area contributed by atoms with Crippen LogP contribution in [0.15, 0.2) is 24.3 Å². The first-order valence-electron chi connectivity index (χ1n) is 7.25. The summed E-state index contributed by atoms with van der Waals surface area (Å²) >= 11 is 0. The summed E-state index contributed by atoms with van der Waals surface area (Å²) in [6.07, 6.45) is -3.47. The van der Waals surface area contributed by atoms with E-state index in [-0.39, 0.29) is 18.6 Å². The van der Waals surface area contributed by atoms with E-state index in [1.54, 1.807) is 30.4 Å². The molecular weight excluding hydrogens is 336 g/mol. The summed E-state index contributed by atoms with van der Waals surface area (Å²) in [6.45, 7) is -0.757. The van der Waals surface area contributed by atoms with Crippen molar-refractivity contribution in [1.82, 2.24) is 0 Å². The van der Waals surface area contributed by atoms with Crippen molar-refractivity contribution in [2.45, 2.75) is 24.4 Å². The Kier molecular flexibility index (Phi) is 11.4. The van der Waals surface area contributed by atoms with Crippen molar-refractivity contribution in [3.05, 3.63) is 29.8 Å². The van der Waals surface area contributed by atoms with Gasteiger partial charge in [-0.15, -0.1) is 0 Å². The minimum atomic E-state index is -1.79. The zero-order valence-electron chi connectivity index (χ0n) is 13.6. The van der Waals surface area contributed by atoms with E-state index >= 15 is 0 Å². The van der Waals surface area contributed by atoms with Gasteiger partial charge in [0, 0.05) is 0 Å². The Morgan fingerprint density at radius 1 is 1.12 bits per heavy atom. The van der Waals surface area contributed by atoms with Crippen LogP contribution < -0.4 is 4.74 Å². The lowest BCUT2D eigenvalue weighted by Gasteiger charge is -2.22. The van der Waals surface area contributed by atoms with Gasteiger partial charge in [-0.25, -0.2) is 0 Å². The molecule has 9 heteroatoms. The summed E-state index contributed by atoms with van der Waals surface area (Å²) in [4.78, 5) is 9.90. The van der Waals surface area contributed by atoms with E-state index in [0.717, 1.165) is 5.56 Å². The lowest BCUT2D eigenvalue weighted by molar-refractivity contribution is -0.136. The number of carbonyl (C=O) groups is 1. The van der Waals surface area contributed by atoms with E-state index in [2.05, 4.69) is 0 Å². The van der Waals surface area contributed by atoms with Crippen molar-refractivity contribution >= 4 is 12.4 Å². The molecule has 0 heterocycles. The third-order valence-corrected chi connectivity index (χ3v) is 3.04. The van der Waals surface area contributed by atoms with Gasteiger partial charge in [-0.2, -0.15) is 0 Å². The minimum absolute atomic E-state index is 0.00317. The molecule has 1 aromatic rings. The first-order chi connectivity index (χ1) is 11.8. The van der Waals surface area contributed by atoms with Gasteiger partial charge in [-0.1, -0.05) is 18.2 Å². The highest BCUT2D eigenvalue weighted by molar-refractivity contribution is 5.56. The van der Waals surface area contributed by atoms with Gasteiger partial charge in [0.05, 0.1) is 20.3 Å². The largest absolute Gasteiger partial charge is 0.504 e. The zero-order chi connectivity index (χ0) is 19.4. The molecule has 25 heavy (non-hydrogen) atoms. The smallest absolute Gasteiger partial charge is 0.161 e. The number of methoxy groups -OCH3 is 1. The number of ether oxygens (including phenoxy) is 1. The number of aromatic hydroxyl groups is 1. The predicted molar refractivity (Wildman–Crippen MR) is 88.0 cm³/mol. The lowest BCUT2D eigenvalue weighted by atomic mass is 10.0. The van der Waals surface area contributed by atoms with Gasteiger partial charge < -0.3 is 45.3 Å². The SMILES string of the molecule is COc1cc(/C=C/CO)ccc1O.O=CC(O)C(O)C(O)C(O)CO. The summed E-state index contributed by atoms with van der Waals surface area (Å²) in [6, 6.07) is 4.99. The molecule has 0 saturated carbocycles. The molecule has 1 aromatic carbocycles. The maximum absolute atomic E-state index is 9.90. The molecule has 4 atom stereocenters. The van der Waals surface area contributed by atoms with Crippen LogP contribution in [0.2, 0.25) is 0 Å². The first kappa shape index (κ1) is 23.0. The Bertz CT molecular complexity index is 532. The summed E-state index contributed by atoms with van der Waals surface area (Å²) in [5.74, 6) is 0.545. The van der Waals surface area contributed by atoms with Crippen molar-refractivity contribution in [1.29, 1.82) is 0 Å². The molecule has 0 saturated heterocycles. The average molecular weight is 360 g/mol. The quantitative estimate of drug-likeness (QED) is 0.260. The van der Waals surface area contributed by atoms with Crippen molar-refractivity contribution < 1.29 is 45.3 Å². The minimum Gasteiger partial charge on any atom is -0.504 e. The Morgan fingerprint density at radius 2 is 1.76 bits per heavy atom. The fraction of sp³-hybridized carbons (Fsp3) is 0.438. The van der Waals surface area contributed by atoms with Crippen LogP contribution in [-0.4, -0.2) is 86.8 Å². The van der Waals surface area contributed by atoms with Crippen LogP contribution in [0.4, 0.5) is 0 Å². The van der Waals surface area contributed by atoms with E-state index in [1.807, 2.05) is 0 Å². The number of carbonyl (C=O) groups excluding carboxylic acids is 1. The van der Waals surface area contributed by atoms with Gasteiger partial charge in [0.15, 0.2) is 17.8 Å². The molecule has 0 bridgehead atoms. The third kappa shape index (κ3) is 8.07. The van der Waals surface area contributed by atoms with Gasteiger partial charge >= 0.3 is 0 Å². The highest BCUT2D eigenvalue weighted by atomic mass is 16.5. The van der Waals surface area contributed by atoms with Crippen molar-refractivity contribution in [2.75, 3.05) is 20.3 Å². The normalized spacial score (nSPS) is 15.6. The van der Waals surface area contributed by atoms with Crippen molar-refractivity contribution in [3.63, 3.8) is 0 Å². The fourth-order valence-corrected chi connectivity index (χ4v) is 1.60. The number of benzene rings is 1. The van der Waals surface area contributed by atoms with Crippen LogP contribution in [-0.2, 0) is 4.79 Å². The molecule has 0 amide bonds. The standard InChI is InChI=1S/C10H12O3.C6H12O6/c1-13-10-7-8(3-2-6-11)4-5-9(10)12;7-1-3(9)5(11)6(12)4(10)2-8/h2-5,7,11-12H,6H2,1H3;1,3-6,8-12H,2H2/b3-2+;. The summed E-state index contributed by atoms with van der Waals surface area (Å²) in [7, 11) is 1.49. The van der Waals surface area contributed by atoms with Crippen LogP contribution in [0.25, 0.3) is 6.08 Å². The molecule has 9 nitrogen and oxygen atoms in total. The molecule has 0 fully saturated rings. The van der Waals surface area contributed by atoms with Crippen LogP contribution in [0.3, 0.4) is 0 Å². The maximum atomic E-state index is 9.90. The highest BCUT2D eigenvalue weighted by Gasteiger charge is 2.29. The number of phenolic OH excluding ortho intramolecular Hbond substituents is 1. The predicted octanol–water partition coefficient (Wildman–Crippen LogP) is -1.97. The average Bonchev–Trinajstić information content (AvgIpc) is 2.65. The number of aliphatic hydroxyl groups excluding tert-OH is 6. The maximum Gasteiger partial charge on any atom is 0.161 e. The number of aldehydes is 1. The molecule has 0 aromatic heterocycles. The van der Waals surface area contributed by atoms with E-state index in [4.69, 9.17) is 35.4 Å². The third-order valence-electron chi connectivity index (χ3n) is 3.04. The van der Waals surface area contributed by atoms with Gasteiger partial charge in [-0.3, -0.25) is 0 Å². The highest BCUT2D eigenvalue weighted by Crippen LogP contribution is 2.26. The second-order valence-electron chi connectivity index (χ2n) is 4.87. The second-order valence-corrected chi connectivity index (χ2v) is 4.87.